The van der Waals surface area contributed by atoms with Gasteiger partial charge in [0.2, 0.25) is 5.91 Å². The maximum absolute atomic E-state index is 12.0. The molecule has 0 heterocycles. The molecule has 2 amide bonds. The van der Waals surface area contributed by atoms with E-state index in [1.165, 1.54) is 0 Å². The summed E-state index contributed by atoms with van der Waals surface area (Å²) in [6, 6.07) is 15.9. The third-order valence-electron chi connectivity index (χ3n) is 3.28. The molecule has 0 spiro atoms. The van der Waals surface area contributed by atoms with Crippen molar-refractivity contribution in [2.75, 3.05) is 11.9 Å². The number of benzene rings is 2. The second-order valence-corrected chi connectivity index (χ2v) is 5.47. The number of carbonyl (C=O) groups excluding carboxylic acids is 2. The Balaban J connectivity index is 1.78. The van der Waals surface area contributed by atoms with Crippen LogP contribution in [0.3, 0.4) is 0 Å². The average molecular weight is 342 g/mol. The molecule has 0 fully saturated rings. The van der Waals surface area contributed by atoms with Gasteiger partial charge in [0.05, 0.1) is 23.1 Å². The Bertz CT molecular complexity index is 767. The topological polar surface area (TPSA) is 82.0 Å². The highest BCUT2D eigenvalue weighted by Crippen LogP contribution is 2.14. The van der Waals surface area contributed by atoms with Crippen molar-refractivity contribution < 1.29 is 9.59 Å². The molecule has 0 unspecified atom stereocenters. The van der Waals surface area contributed by atoms with Crippen molar-refractivity contribution in [3.8, 4) is 6.07 Å². The Morgan fingerprint density at radius 2 is 1.79 bits per heavy atom. The van der Waals surface area contributed by atoms with Crippen LogP contribution in [0.15, 0.2) is 48.5 Å². The first-order valence-electron chi connectivity index (χ1n) is 7.38. The number of carbonyl (C=O) groups is 2. The smallest absolute Gasteiger partial charge is 0.252 e. The number of nitriles is 1. The summed E-state index contributed by atoms with van der Waals surface area (Å²) in [6.07, 6.45) is 0.485. The van der Waals surface area contributed by atoms with E-state index in [-0.39, 0.29) is 24.8 Å². The van der Waals surface area contributed by atoms with Crippen LogP contribution >= 0.6 is 11.6 Å². The quantitative estimate of drug-likeness (QED) is 0.846. The first kappa shape index (κ1) is 17.5. The lowest BCUT2D eigenvalue weighted by atomic mass is 10.1. The van der Waals surface area contributed by atoms with Gasteiger partial charge in [0.1, 0.15) is 0 Å². The number of hydrogen-bond donors (Lipinski definition) is 2. The van der Waals surface area contributed by atoms with E-state index < -0.39 is 0 Å². The molecule has 5 nitrogen and oxygen atoms in total. The van der Waals surface area contributed by atoms with Crippen molar-refractivity contribution in [1.82, 2.24) is 5.32 Å². The summed E-state index contributed by atoms with van der Waals surface area (Å²) in [4.78, 5) is 23.8. The molecule has 2 rings (SSSR count). The average Bonchev–Trinajstić information content (AvgIpc) is 2.57. The number of hydrogen-bond acceptors (Lipinski definition) is 3. The molecule has 0 saturated carbocycles. The minimum atomic E-state index is -0.311. The van der Waals surface area contributed by atoms with E-state index in [2.05, 4.69) is 16.7 Å². The van der Waals surface area contributed by atoms with E-state index in [1.54, 1.807) is 48.5 Å². The maximum Gasteiger partial charge on any atom is 0.252 e. The molecule has 24 heavy (non-hydrogen) atoms. The van der Waals surface area contributed by atoms with Crippen LogP contribution in [0.2, 0.25) is 5.02 Å². The van der Waals surface area contributed by atoms with Gasteiger partial charge in [0, 0.05) is 18.7 Å². The third kappa shape index (κ3) is 5.11. The van der Waals surface area contributed by atoms with Crippen LogP contribution in [0.4, 0.5) is 5.69 Å². The minimum Gasteiger partial charge on any atom is -0.351 e. The van der Waals surface area contributed by atoms with Crippen LogP contribution in [0, 0.1) is 11.3 Å². The Morgan fingerprint density at radius 3 is 2.46 bits per heavy atom. The lowest BCUT2D eigenvalue weighted by Crippen LogP contribution is -2.27. The first-order chi connectivity index (χ1) is 11.6. The lowest BCUT2D eigenvalue weighted by molar-refractivity contribution is -0.116. The number of anilines is 1. The van der Waals surface area contributed by atoms with Crippen molar-refractivity contribution in [1.29, 1.82) is 5.26 Å². The van der Waals surface area contributed by atoms with Crippen molar-refractivity contribution in [2.24, 2.45) is 0 Å². The Morgan fingerprint density at radius 1 is 1.08 bits per heavy atom. The maximum atomic E-state index is 12.0. The molecule has 0 radical (unpaired) electrons. The Hall–Kier alpha value is -2.84. The van der Waals surface area contributed by atoms with Gasteiger partial charge in [0.15, 0.2) is 0 Å². The van der Waals surface area contributed by atoms with Crippen LogP contribution in [0.1, 0.15) is 22.3 Å². The van der Waals surface area contributed by atoms with Gasteiger partial charge in [-0.2, -0.15) is 5.26 Å². The summed E-state index contributed by atoms with van der Waals surface area (Å²) in [7, 11) is 0. The molecule has 0 aliphatic heterocycles. The van der Waals surface area contributed by atoms with Crippen molar-refractivity contribution in [2.45, 2.75) is 12.8 Å². The molecule has 0 aromatic heterocycles. The van der Waals surface area contributed by atoms with E-state index >= 15 is 0 Å². The second-order valence-electron chi connectivity index (χ2n) is 5.07. The van der Waals surface area contributed by atoms with Crippen molar-refractivity contribution in [3.05, 3.63) is 64.7 Å². The number of nitrogens with zero attached hydrogens (tertiary/aromatic N) is 1. The van der Waals surface area contributed by atoms with Crippen LogP contribution in [0.5, 0.6) is 0 Å². The zero-order chi connectivity index (χ0) is 17.4. The molecule has 6 heteroatoms. The van der Waals surface area contributed by atoms with Gasteiger partial charge in [-0.15, -0.1) is 0 Å². The molecule has 2 aromatic carbocycles. The molecular weight excluding hydrogens is 326 g/mol. The van der Waals surface area contributed by atoms with Crippen molar-refractivity contribution in [3.63, 3.8) is 0 Å². The van der Waals surface area contributed by atoms with Gasteiger partial charge in [-0.1, -0.05) is 35.9 Å². The standard InChI is InChI=1S/C18H16ClN3O2/c19-16-4-2-1-3-15(16)18(24)21-12-10-17(23)22-14-7-5-13(6-8-14)9-11-20/h1-8H,9-10,12H2,(H,21,24)(H,22,23). The number of nitrogens with one attached hydrogen (secondary N) is 2. The molecule has 2 aromatic rings. The fourth-order valence-electron chi connectivity index (χ4n) is 2.05. The fraction of sp³-hybridized carbons (Fsp3) is 0.167. The minimum absolute atomic E-state index is 0.149. The normalized spacial score (nSPS) is 9.83. The molecule has 0 atom stereocenters. The number of rotatable bonds is 6. The van der Waals surface area contributed by atoms with Gasteiger partial charge in [-0.05, 0) is 29.8 Å². The number of halogens is 1. The fourth-order valence-corrected chi connectivity index (χ4v) is 2.27. The van der Waals surface area contributed by atoms with E-state index in [9.17, 15) is 9.59 Å². The Kier molecular flexibility index (Phi) is 6.35. The zero-order valence-corrected chi connectivity index (χ0v) is 13.6. The summed E-state index contributed by atoms with van der Waals surface area (Å²) in [5.74, 6) is -0.517. The molecule has 0 saturated heterocycles. The van der Waals surface area contributed by atoms with E-state index in [1.807, 2.05) is 0 Å². The predicted octanol–water partition coefficient (Wildman–Crippen LogP) is 3.16. The van der Waals surface area contributed by atoms with Crippen LogP contribution in [-0.4, -0.2) is 18.4 Å². The van der Waals surface area contributed by atoms with Gasteiger partial charge in [-0.3, -0.25) is 9.59 Å². The highest BCUT2D eigenvalue weighted by molar-refractivity contribution is 6.33. The molecule has 2 N–H and O–H groups in total. The van der Waals surface area contributed by atoms with E-state index in [0.717, 1.165) is 5.56 Å². The molecular formula is C18H16ClN3O2. The molecule has 122 valence electrons. The largest absolute Gasteiger partial charge is 0.351 e. The summed E-state index contributed by atoms with van der Waals surface area (Å²) in [5, 5.41) is 14.4. The first-order valence-corrected chi connectivity index (χ1v) is 7.76. The lowest BCUT2D eigenvalue weighted by Gasteiger charge is -2.08. The van der Waals surface area contributed by atoms with Gasteiger partial charge >= 0.3 is 0 Å². The van der Waals surface area contributed by atoms with Crippen LogP contribution in [0.25, 0.3) is 0 Å². The van der Waals surface area contributed by atoms with E-state index in [0.29, 0.717) is 22.7 Å². The van der Waals surface area contributed by atoms with E-state index in [4.69, 9.17) is 16.9 Å². The van der Waals surface area contributed by atoms with Gasteiger partial charge in [0.25, 0.3) is 5.91 Å². The monoisotopic (exact) mass is 341 g/mol. The summed E-state index contributed by atoms with van der Waals surface area (Å²) in [6.45, 7) is 0.211. The Labute approximate surface area is 145 Å². The van der Waals surface area contributed by atoms with Gasteiger partial charge < -0.3 is 10.6 Å². The summed E-state index contributed by atoms with van der Waals surface area (Å²) >= 11 is 5.94. The second kappa shape index (κ2) is 8.70. The van der Waals surface area contributed by atoms with Crippen molar-refractivity contribution >= 4 is 29.1 Å². The molecule has 0 bridgehead atoms. The summed E-state index contributed by atoms with van der Waals surface area (Å²) < 4.78 is 0. The van der Waals surface area contributed by atoms with Gasteiger partial charge in [-0.25, -0.2) is 0 Å². The molecule has 0 aliphatic carbocycles. The molecule has 0 aliphatic rings. The predicted molar refractivity (Wildman–Crippen MR) is 92.8 cm³/mol. The number of amides is 2. The zero-order valence-electron chi connectivity index (χ0n) is 12.9. The highest BCUT2D eigenvalue weighted by atomic mass is 35.5. The highest BCUT2D eigenvalue weighted by Gasteiger charge is 2.09. The SMILES string of the molecule is N#CCc1ccc(NC(=O)CCNC(=O)c2ccccc2Cl)cc1. The van der Waals surface area contributed by atoms with Crippen LogP contribution in [-0.2, 0) is 11.2 Å². The third-order valence-corrected chi connectivity index (χ3v) is 3.61. The summed E-state index contributed by atoms with van der Waals surface area (Å²) in [5.41, 5.74) is 1.93. The van der Waals surface area contributed by atoms with Crippen LogP contribution < -0.4 is 10.6 Å².